The molecule has 10 heteroatoms. The Kier molecular flexibility index (Phi) is 8.49. The van der Waals surface area contributed by atoms with Gasteiger partial charge in [-0.3, -0.25) is 14.4 Å². The summed E-state index contributed by atoms with van der Waals surface area (Å²) in [4.78, 5) is 38.7. The van der Waals surface area contributed by atoms with Crippen molar-refractivity contribution in [3.05, 3.63) is 53.1 Å². The number of carbonyl (C=O) groups is 3. The molecule has 0 spiro atoms. The molecular weight excluding hydrogens is 486 g/mol. The van der Waals surface area contributed by atoms with Gasteiger partial charge in [-0.05, 0) is 54.3 Å². The minimum absolute atomic E-state index is 0.0453. The Balaban J connectivity index is 1.94. The second-order valence-corrected chi connectivity index (χ2v) is 14.9. The van der Waals surface area contributed by atoms with Crippen LogP contribution >= 0.6 is 0 Å². The quantitative estimate of drug-likeness (QED) is 0.485. The third kappa shape index (κ3) is 6.29. The molecule has 2 aromatic carbocycles. The molecule has 194 valence electrons. The summed E-state index contributed by atoms with van der Waals surface area (Å²) in [6.07, 6.45) is 0.390. The molecule has 2 aromatic rings. The second-order valence-electron chi connectivity index (χ2n) is 9.83. The van der Waals surface area contributed by atoms with Gasteiger partial charge in [0.1, 0.15) is 23.4 Å². The van der Waals surface area contributed by atoms with Crippen LogP contribution in [-0.4, -0.2) is 49.0 Å². The number of benzene rings is 2. The summed E-state index contributed by atoms with van der Waals surface area (Å²) in [6, 6.07) is 6.25. The minimum Gasteiger partial charge on any atom is -0.494 e. The van der Waals surface area contributed by atoms with Crippen LogP contribution in [-0.2, 0) is 20.8 Å². The second kappa shape index (κ2) is 11.2. The fourth-order valence-corrected chi connectivity index (χ4v) is 5.71. The summed E-state index contributed by atoms with van der Waals surface area (Å²) in [5, 5.41) is 11.7. The first-order chi connectivity index (χ1) is 16.9. The fourth-order valence-electron chi connectivity index (χ4n) is 4.36. The number of carbonyl (C=O) groups excluding carboxylic acids is 2. The lowest BCUT2D eigenvalue weighted by molar-refractivity contribution is -0.140. The number of hydrogen-bond acceptors (Lipinski definition) is 4. The van der Waals surface area contributed by atoms with Gasteiger partial charge < -0.3 is 20.1 Å². The van der Waals surface area contributed by atoms with Crippen molar-refractivity contribution in [2.45, 2.75) is 58.3 Å². The van der Waals surface area contributed by atoms with E-state index in [1.807, 2.05) is 32.6 Å². The summed E-state index contributed by atoms with van der Waals surface area (Å²) >= 11 is 0. The van der Waals surface area contributed by atoms with Crippen LogP contribution in [0.2, 0.25) is 19.6 Å². The molecule has 3 rings (SSSR count). The summed E-state index contributed by atoms with van der Waals surface area (Å²) in [5.74, 6) is -2.76. The topological polar surface area (TPSA) is 95.9 Å². The van der Waals surface area contributed by atoms with Crippen LogP contribution in [0.4, 0.5) is 14.5 Å². The molecule has 0 radical (unpaired) electrons. The van der Waals surface area contributed by atoms with E-state index in [1.54, 1.807) is 12.1 Å². The van der Waals surface area contributed by atoms with Gasteiger partial charge in [0.25, 0.3) is 5.91 Å². The van der Waals surface area contributed by atoms with E-state index >= 15 is 0 Å². The van der Waals surface area contributed by atoms with E-state index in [0.717, 1.165) is 17.7 Å². The summed E-state index contributed by atoms with van der Waals surface area (Å²) in [5.41, 5.74) is 1.08. The highest BCUT2D eigenvalue weighted by Gasteiger charge is 2.36. The lowest BCUT2D eigenvalue weighted by atomic mass is 9.91. The molecule has 0 saturated heterocycles. The number of carboxylic acids is 1. The van der Waals surface area contributed by atoms with Gasteiger partial charge in [0.05, 0.1) is 20.4 Å². The zero-order valence-corrected chi connectivity index (χ0v) is 22.0. The molecule has 0 aliphatic carbocycles. The monoisotopic (exact) mass is 518 g/mol. The van der Waals surface area contributed by atoms with E-state index in [0.29, 0.717) is 29.5 Å². The van der Waals surface area contributed by atoms with Crippen LogP contribution in [0.15, 0.2) is 30.3 Å². The molecule has 0 unspecified atom stereocenters. The highest BCUT2D eigenvalue weighted by Crippen LogP contribution is 2.34. The number of ether oxygens (including phenoxy) is 1. The number of anilines is 1. The Hall–Kier alpha value is -3.27. The third-order valence-corrected chi connectivity index (χ3v) is 8.13. The maximum absolute atomic E-state index is 14.9. The van der Waals surface area contributed by atoms with Gasteiger partial charge in [0, 0.05) is 25.5 Å². The van der Waals surface area contributed by atoms with Crippen LogP contribution in [0.3, 0.4) is 0 Å². The Morgan fingerprint density at radius 2 is 1.83 bits per heavy atom. The van der Waals surface area contributed by atoms with Gasteiger partial charge in [-0.25, -0.2) is 8.78 Å². The molecule has 1 aliphatic heterocycles. The highest BCUT2D eigenvalue weighted by atomic mass is 28.3. The number of nitrogens with zero attached hydrogens (tertiary/aromatic N) is 1. The molecule has 2 amide bonds. The van der Waals surface area contributed by atoms with Crippen molar-refractivity contribution in [2.75, 3.05) is 18.5 Å². The minimum atomic E-state index is -2.15. The van der Waals surface area contributed by atoms with Crippen LogP contribution in [0.5, 0.6) is 5.75 Å². The Labute approximate surface area is 210 Å². The maximum Gasteiger partial charge on any atom is 0.303 e. The molecule has 0 bridgehead atoms. The number of rotatable bonds is 9. The smallest absolute Gasteiger partial charge is 0.303 e. The Morgan fingerprint density at radius 1 is 1.11 bits per heavy atom. The number of aliphatic carboxylic acids is 1. The molecule has 2 N–H and O–H groups in total. The van der Waals surface area contributed by atoms with E-state index in [9.17, 15) is 23.2 Å². The van der Waals surface area contributed by atoms with Crippen molar-refractivity contribution in [2.24, 2.45) is 0 Å². The highest BCUT2D eigenvalue weighted by molar-refractivity contribution is 6.88. The van der Waals surface area contributed by atoms with Crippen molar-refractivity contribution in [3.63, 3.8) is 0 Å². The van der Waals surface area contributed by atoms with Gasteiger partial charge in [-0.2, -0.15) is 0 Å². The number of halogens is 2. The first-order valence-electron chi connectivity index (χ1n) is 12.0. The molecule has 0 aromatic heterocycles. The van der Waals surface area contributed by atoms with Crippen molar-refractivity contribution in [1.82, 2.24) is 4.90 Å². The van der Waals surface area contributed by atoms with Crippen LogP contribution in [0, 0.1) is 11.6 Å². The number of amides is 2. The summed E-state index contributed by atoms with van der Waals surface area (Å²) in [6.45, 7) is 8.23. The lowest BCUT2D eigenvalue weighted by Gasteiger charge is -2.36. The molecule has 1 heterocycles. The number of fused-ring (bicyclic) bond motifs is 1. The van der Waals surface area contributed by atoms with Gasteiger partial charge >= 0.3 is 5.97 Å². The third-order valence-electron chi connectivity index (χ3n) is 6.13. The molecule has 0 saturated carbocycles. The molecule has 7 nitrogen and oxygen atoms in total. The summed E-state index contributed by atoms with van der Waals surface area (Å²) in [7, 11) is -2.15. The number of hydrogen-bond donors (Lipinski definition) is 2. The van der Waals surface area contributed by atoms with E-state index in [1.165, 1.54) is 4.90 Å². The lowest BCUT2D eigenvalue weighted by Crippen LogP contribution is -2.45. The predicted molar refractivity (Wildman–Crippen MR) is 135 cm³/mol. The van der Waals surface area contributed by atoms with Gasteiger partial charge in [0.2, 0.25) is 5.91 Å². The molecule has 0 fully saturated rings. The van der Waals surface area contributed by atoms with Crippen LogP contribution in [0.25, 0.3) is 0 Å². The first kappa shape index (κ1) is 27.3. The van der Waals surface area contributed by atoms with Crippen molar-refractivity contribution >= 4 is 36.7 Å². The van der Waals surface area contributed by atoms with Gasteiger partial charge in [-0.15, -0.1) is 0 Å². The van der Waals surface area contributed by atoms with E-state index in [4.69, 9.17) is 9.84 Å². The Morgan fingerprint density at radius 3 is 2.47 bits per heavy atom. The van der Waals surface area contributed by atoms with Crippen LogP contribution in [0.1, 0.15) is 43.4 Å². The molecule has 1 atom stereocenters. The van der Waals surface area contributed by atoms with Gasteiger partial charge in [-0.1, -0.05) is 25.7 Å². The average molecular weight is 519 g/mol. The molecular formula is C26H32F2N2O5Si. The van der Waals surface area contributed by atoms with Gasteiger partial charge in [0.15, 0.2) is 0 Å². The fraction of sp³-hybridized carbons (Fsp3) is 0.423. The Bertz CT molecular complexity index is 1170. The van der Waals surface area contributed by atoms with E-state index < -0.39 is 37.6 Å². The standard InChI is InChI=1S/C26H32F2N2O5Si/c1-5-35-17-9-10-18-16(13-17)11-12-30(23(31)7-6-8-24(32)33)25(18)26(34)29-21-14-20(28)22(15-19(21)27)36(2,3)4/h9-10,13-15,25H,5-8,11-12H2,1-4H3,(H,29,34)(H,32,33)/t25-/m1/s1. The van der Waals surface area contributed by atoms with E-state index in [-0.39, 0.29) is 37.4 Å². The maximum atomic E-state index is 14.9. The number of nitrogens with one attached hydrogen (secondary N) is 1. The molecule has 1 aliphatic rings. The van der Waals surface area contributed by atoms with Crippen molar-refractivity contribution < 1.29 is 33.0 Å². The summed E-state index contributed by atoms with van der Waals surface area (Å²) < 4.78 is 35.2. The SMILES string of the molecule is CCOc1ccc2c(c1)CCN(C(=O)CCCC(=O)O)[C@H]2C(=O)Nc1cc(F)c([Si](C)(C)C)cc1F. The van der Waals surface area contributed by atoms with Crippen molar-refractivity contribution in [1.29, 1.82) is 0 Å². The normalized spacial score (nSPS) is 15.3. The van der Waals surface area contributed by atoms with Crippen LogP contribution < -0.4 is 15.2 Å². The zero-order chi connectivity index (χ0) is 26.6. The largest absolute Gasteiger partial charge is 0.494 e. The molecule has 36 heavy (non-hydrogen) atoms. The average Bonchev–Trinajstić information content (AvgIpc) is 2.79. The number of carboxylic acid groups (broad SMARTS) is 1. The van der Waals surface area contributed by atoms with Crippen molar-refractivity contribution in [3.8, 4) is 5.75 Å². The first-order valence-corrected chi connectivity index (χ1v) is 15.5. The zero-order valence-electron chi connectivity index (χ0n) is 21.0. The van der Waals surface area contributed by atoms with E-state index in [2.05, 4.69) is 5.32 Å². The predicted octanol–water partition coefficient (Wildman–Crippen LogP) is 4.23.